The van der Waals surface area contributed by atoms with Crippen LogP contribution in [0.4, 0.5) is 5.13 Å². The Morgan fingerprint density at radius 2 is 1.95 bits per heavy atom. The average molecular weight is 570 g/mol. The Morgan fingerprint density at radius 1 is 1.21 bits per heavy atom. The molecule has 0 radical (unpaired) electrons. The zero-order valence-electron chi connectivity index (χ0n) is 20.1. The molecule has 4 aromatic heterocycles. The maximum Gasteiger partial charge on any atom is 0.354 e. The zero-order valence-corrected chi connectivity index (χ0v) is 22.4. The summed E-state index contributed by atoms with van der Waals surface area (Å²) in [6.45, 7) is 1.75. The Hall–Kier alpha value is -3.21. The first kappa shape index (κ1) is 23.9. The molecule has 3 aliphatic rings. The average Bonchev–Trinajstić information content (AvgIpc) is 3.66. The molecule has 2 unspecified atom stereocenters. The molecule has 7 rings (SSSR count). The number of carboxylic acids is 1. The van der Waals surface area contributed by atoms with Crippen molar-refractivity contribution in [3.63, 3.8) is 0 Å². The van der Waals surface area contributed by atoms with Gasteiger partial charge in [0.2, 0.25) is 0 Å². The molecule has 0 aromatic carbocycles. The van der Waals surface area contributed by atoms with Gasteiger partial charge in [0.15, 0.2) is 10.8 Å². The molecular formula is C26H21Cl2N5O4S. The van der Waals surface area contributed by atoms with Gasteiger partial charge < -0.3 is 19.3 Å². The number of hydrogen-bond donors (Lipinski definition) is 1. The standard InChI is InChI=1S/C26H21Cl2N5O4S/c1-36-19-6-18(25(34)35)30-24-22(19)31-26(38-24)33-9-14-12(15(14)10-33)4-5-13-21(32-37-23(13)11-2-3-11)20-16(27)7-29-8-17(20)28/h4-8,11-12,14-15H,2-3,9-10H2,1H3,(H,34,35). The zero-order chi connectivity index (χ0) is 26.1. The number of ether oxygens (including phenoxy) is 1. The fourth-order valence-corrected chi connectivity index (χ4v) is 6.94. The minimum atomic E-state index is -1.09. The second kappa shape index (κ2) is 8.93. The highest BCUT2D eigenvalue weighted by Crippen LogP contribution is 2.55. The van der Waals surface area contributed by atoms with Gasteiger partial charge in [-0.1, -0.05) is 51.8 Å². The van der Waals surface area contributed by atoms with Gasteiger partial charge >= 0.3 is 5.97 Å². The van der Waals surface area contributed by atoms with Crippen molar-refractivity contribution in [3.05, 3.63) is 51.6 Å². The first-order chi connectivity index (χ1) is 18.4. The van der Waals surface area contributed by atoms with E-state index in [0.29, 0.717) is 61.1 Å². The van der Waals surface area contributed by atoms with Gasteiger partial charge in [0.05, 0.1) is 17.2 Å². The van der Waals surface area contributed by atoms with Crippen LogP contribution in [0, 0.1) is 17.8 Å². The summed E-state index contributed by atoms with van der Waals surface area (Å²) in [6, 6.07) is 1.41. The number of piperidine rings is 1. The van der Waals surface area contributed by atoms with Crippen LogP contribution in [0.3, 0.4) is 0 Å². The molecule has 0 spiro atoms. The number of nitrogens with zero attached hydrogens (tertiary/aromatic N) is 5. The Balaban J connectivity index is 1.11. The smallest absolute Gasteiger partial charge is 0.354 e. The normalized spacial score (nSPS) is 22.4. The van der Waals surface area contributed by atoms with Crippen molar-refractivity contribution < 1.29 is 19.2 Å². The number of fused-ring (bicyclic) bond motifs is 2. The van der Waals surface area contributed by atoms with Gasteiger partial charge in [-0.15, -0.1) is 0 Å². The van der Waals surface area contributed by atoms with Crippen LogP contribution in [0.25, 0.3) is 27.7 Å². The number of halogens is 2. The van der Waals surface area contributed by atoms with Crippen molar-refractivity contribution in [2.45, 2.75) is 18.8 Å². The van der Waals surface area contributed by atoms with Crippen LogP contribution in [-0.4, -0.2) is 51.4 Å². The summed E-state index contributed by atoms with van der Waals surface area (Å²) in [5.41, 5.74) is 2.79. The number of anilines is 1. The molecular weight excluding hydrogens is 549 g/mol. The fourth-order valence-electron chi connectivity index (χ4n) is 5.42. The predicted octanol–water partition coefficient (Wildman–Crippen LogP) is 6.03. The maximum atomic E-state index is 11.4. The van der Waals surface area contributed by atoms with Crippen molar-refractivity contribution in [1.82, 2.24) is 20.1 Å². The predicted molar refractivity (Wildman–Crippen MR) is 144 cm³/mol. The summed E-state index contributed by atoms with van der Waals surface area (Å²) in [5.74, 6) is 2.09. The van der Waals surface area contributed by atoms with Crippen molar-refractivity contribution in [2.24, 2.45) is 17.8 Å². The quantitative estimate of drug-likeness (QED) is 0.285. The molecule has 12 heteroatoms. The van der Waals surface area contributed by atoms with Crippen LogP contribution in [0.1, 0.15) is 40.6 Å². The molecule has 2 aliphatic carbocycles. The van der Waals surface area contributed by atoms with E-state index in [1.165, 1.54) is 24.5 Å². The van der Waals surface area contributed by atoms with E-state index in [2.05, 4.69) is 32.2 Å². The summed E-state index contributed by atoms with van der Waals surface area (Å²) in [6.07, 6.45) is 9.70. The van der Waals surface area contributed by atoms with Crippen LogP contribution >= 0.6 is 34.5 Å². The number of pyridine rings is 2. The fraction of sp³-hybridized carbons (Fsp3) is 0.346. The highest BCUT2D eigenvalue weighted by atomic mass is 35.5. The minimum Gasteiger partial charge on any atom is -0.494 e. The Kier molecular flexibility index (Phi) is 5.61. The SMILES string of the molecule is COc1cc(C(=O)O)nc2sc(N3CC4C(C=Cc5c(-c6c(Cl)cncc6Cl)noc5C5CC5)C4C3)nc12. The first-order valence-corrected chi connectivity index (χ1v) is 13.8. The number of rotatable bonds is 7. The lowest BCUT2D eigenvalue weighted by molar-refractivity contribution is 0.0690. The first-order valence-electron chi connectivity index (χ1n) is 12.2. The van der Waals surface area contributed by atoms with Crippen molar-refractivity contribution in [2.75, 3.05) is 25.1 Å². The number of thiazole rings is 1. The van der Waals surface area contributed by atoms with Crippen molar-refractivity contribution >= 4 is 62.1 Å². The molecule has 3 fully saturated rings. The molecule has 2 saturated carbocycles. The number of carbonyl (C=O) groups is 1. The Bertz CT molecular complexity index is 1600. The van der Waals surface area contributed by atoms with Gasteiger partial charge in [0, 0.05) is 48.6 Å². The molecule has 5 heterocycles. The highest BCUT2D eigenvalue weighted by molar-refractivity contribution is 7.21. The van der Waals surface area contributed by atoms with E-state index in [-0.39, 0.29) is 5.69 Å². The summed E-state index contributed by atoms with van der Waals surface area (Å²) < 4.78 is 11.1. The van der Waals surface area contributed by atoms with E-state index in [1.807, 2.05) is 0 Å². The molecule has 1 saturated heterocycles. The van der Waals surface area contributed by atoms with E-state index in [1.54, 1.807) is 12.4 Å². The minimum absolute atomic E-state index is 0.0490. The second-order valence-electron chi connectivity index (χ2n) is 9.90. The monoisotopic (exact) mass is 569 g/mol. The third kappa shape index (κ3) is 3.93. The molecule has 1 aliphatic heterocycles. The van der Waals surface area contributed by atoms with E-state index in [9.17, 15) is 9.90 Å². The summed E-state index contributed by atoms with van der Waals surface area (Å²) in [4.78, 5) is 27.3. The number of carboxylic acid groups (broad SMARTS) is 1. The van der Waals surface area contributed by atoms with Gasteiger partial charge in [0.1, 0.15) is 27.6 Å². The summed E-state index contributed by atoms with van der Waals surface area (Å²) in [5, 5.41) is 15.4. The lowest BCUT2D eigenvalue weighted by Gasteiger charge is -2.17. The van der Waals surface area contributed by atoms with Crippen LogP contribution in [0.15, 0.2) is 29.1 Å². The molecule has 1 N–H and O–H groups in total. The van der Waals surface area contributed by atoms with Crippen LogP contribution < -0.4 is 9.64 Å². The number of allylic oxidation sites excluding steroid dienone is 1. The van der Waals surface area contributed by atoms with Gasteiger partial charge in [-0.25, -0.2) is 14.8 Å². The Morgan fingerprint density at radius 3 is 2.61 bits per heavy atom. The maximum absolute atomic E-state index is 11.4. The van der Waals surface area contributed by atoms with Crippen LogP contribution in [-0.2, 0) is 0 Å². The largest absolute Gasteiger partial charge is 0.494 e. The van der Waals surface area contributed by atoms with Gasteiger partial charge in [-0.3, -0.25) is 4.98 Å². The molecule has 194 valence electrons. The van der Waals surface area contributed by atoms with Gasteiger partial charge in [0.25, 0.3) is 0 Å². The molecule has 0 amide bonds. The number of methoxy groups -OCH3 is 1. The van der Waals surface area contributed by atoms with Gasteiger partial charge in [-0.2, -0.15) is 0 Å². The summed E-state index contributed by atoms with van der Waals surface area (Å²) in [7, 11) is 1.51. The number of hydrogen-bond acceptors (Lipinski definition) is 9. The van der Waals surface area contributed by atoms with E-state index in [0.717, 1.165) is 42.4 Å². The molecule has 0 bridgehead atoms. The number of aromatic carboxylic acids is 1. The second-order valence-corrected chi connectivity index (χ2v) is 11.7. The lowest BCUT2D eigenvalue weighted by Crippen LogP contribution is -2.23. The number of aromatic nitrogens is 4. The summed E-state index contributed by atoms with van der Waals surface area (Å²) >= 11 is 14.3. The van der Waals surface area contributed by atoms with E-state index in [4.69, 9.17) is 37.4 Å². The van der Waals surface area contributed by atoms with E-state index < -0.39 is 5.97 Å². The third-order valence-corrected chi connectivity index (χ3v) is 9.15. The third-order valence-electron chi connectivity index (χ3n) is 7.57. The molecule has 38 heavy (non-hydrogen) atoms. The van der Waals surface area contributed by atoms with Crippen LogP contribution in [0.2, 0.25) is 10.0 Å². The Labute approximate surface area is 231 Å². The van der Waals surface area contributed by atoms with Gasteiger partial charge in [-0.05, 0) is 30.6 Å². The highest BCUT2D eigenvalue weighted by Gasteiger charge is 2.54. The molecule has 9 nitrogen and oxygen atoms in total. The topological polar surface area (TPSA) is 114 Å². The molecule has 4 aromatic rings. The van der Waals surface area contributed by atoms with Crippen molar-refractivity contribution in [3.8, 4) is 17.0 Å². The van der Waals surface area contributed by atoms with E-state index >= 15 is 0 Å². The molecule has 2 atom stereocenters. The lowest BCUT2D eigenvalue weighted by atomic mass is 10.0. The van der Waals surface area contributed by atoms with Crippen molar-refractivity contribution in [1.29, 1.82) is 0 Å². The van der Waals surface area contributed by atoms with Crippen LogP contribution in [0.5, 0.6) is 5.75 Å².